The van der Waals surface area contributed by atoms with Crippen molar-refractivity contribution in [3.63, 3.8) is 0 Å². The van der Waals surface area contributed by atoms with E-state index in [1.54, 1.807) is 18.2 Å². The Bertz CT molecular complexity index is 3040. The molecule has 4 atom stereocenters. The van der Waals surface area contributed by atoms with Crippen LogP contribution in [0.1, 0.15) is 187 Å². The number of rotatable bonds is 20. The van der Waals surface area contributed by atoms with Crippen LogP contribution in [0.2, 0.25) is 0 Å². The van der Waals surface area contributed by atoms with Crippen LogP contribution < -0.4 is 31.7 Å². The smallest absolute Gasteiger partial charge is 0.343 e. The predicted octanol–water partition coefficient (Wildman–Crippen LogP) is 20.5. The quantitative estimate of drug-likeness (QED) is 0.0469. The summed E-state index contributed by atoms with van der Waals surface area (Å²) in [4.78, 5) is 12.1. The number of hydrogen-bond donors (Lipinski definition) is 1. The van der Waals surface area contributed by atoms with E-state index in [1.165, 1.54) is 69.6 Å². The van der Waals surface area contributed by atoms with Gasteiger partial charge in [0.25, 0.3) is 0 Å². The molecule has 4 unspecified atom stereocenters. The molecule has 0 spiro atoms. The van der Waals surface area contributed by atoms with Gasteiger partial charge in [-0.1, -0.05) is 257 Å². The SMILES string of the molecule is C=C(C)c1ccc(OCC)cc1.C=Cc1ccc(OC(=O)c2ccc(C(C)CC)cc2)cc1.C=Cc1ccccc1.C=Cc1ccccc1.CCC(C)c1ccc([N+](C)(C)CC)cc1.CCC(C)c1ccccc1.CCNc1ccc(C(C)CC)cc1.[Cl-]. The highest BCUT2D eigenvalue weighted by molar-refractivity contribution is 5.91. The van der Waals surface area contributed by atoms with Crippen LogP contribution in [0.25, 0.3) is 23.8 Å². The molecule has 0 aliphatic carbocycles. The molecule has 0 saturated heterocycles. The summed E-state index contributed by atoms with van der Waals surface area (Å²) in [5.41, 5.74) is 14.3. The summed E-state index contributed by atoms with van der Waals surface area (Å²) in [6.07, 6.45) is 10.1. The third-order valence-corrected chi connectivity index (χ3v) is 15.4. The third kappa shape index (κ3) is 30.6. The van der Waals surface area contributed by atoms with Crippen molar-refractivity contribution in [3.05, 3.63) is 289 Å². The Morgan fingerprint density at radius 1 is 0.455 bits per heavy atom. The van der Waals surface area contributed by atoms with Crippen LogP contribution in [-0.2, 0) is 0 Å². The largest absolute Gasteiger partial charge is 1.00 e. The van der Waals surface area contributed by atoms with Crippen LogP contribution in [0.4, 0.5) is 11.4 Å². The first-order valence-electron chi connectivity index (χ1n) is 31.5. The second-order valence-corrected chi connectivity index (χ2v) is 22.1. The summed E-state index contributed by atoms with van der Waals surface area (Å²) >= 11 is 0. The molecule has 0 saturated carbocycles. The lowest BCUT2D eigenvalue weighted by molar-refractivity contribution is -0.0000313. The van der Waals surface area contributed by atoms with E-state index in [9.17, 15) is 4.79 Å². The Hall–Kier alpha value is -7.96. The molecular formula is C82H107ClN2O3. The van der Waals surface area contributed by atoms with E-state index in [1.807, 2.05) is 147 Å². The molecule has 1 N–H and O–H groups in total. The molecule has 0 aromatic heterocycles. The molecule has 8 aromatic carbocycles. The highest BCUT2D eigenvalue weighted by atomic mass is 35.5. The lowest BCUT2D eigenvalue weighted by atomic mass is 9.98. The number of carbonyl (C=O) groups excluding carboxylic acids is 1. The van der Waals surface area contributed by atoms with Gasteiger partial charge in [-0.3, -0.25) is 4.48 Å². The lowest BCUT2D eigenvalue weighted by Crippen LogP contribution is -3.00. The number of allylic oxidation sites excluding steroid dienone is 1. The second-order valence-electron chi connectivity index (χ2n) is 22.1. The fourth-order valence-corrected chi connectivity index (χ4v) is 8.21. The fourth-order valence-electron chi connectivity index (χ4n) is 8.21. The monoisotopic (exact) mass is 1200 g/mol. The number of hydrogen-bond acceptors (Lipinski definition) is 4. The maximum absolute atomic E-state index is 12.1. The number of esters is 1. The number of benzene rings is 8. The number of quaternary nitrogens is 1. The van der Waals surface area contributed by atoms with E-state index in [0.717, 1.165) is 40.9 Å². The van der Waals surface area contributed by atoms with Crippen LogP contribution >= 0.6 is 0 Å². The van der Waals surface area contributed by atoms with E-state index >= 15 is 0 Å². The maximum Gasteiger partial charge on any atom is 0.343 e. The van der Waals surface area contributed by atoms with Gasteiger partial charge in [-0.25, -0.2) is 4.79 Å². The Kier molecular flexibility index (Phi) is 40.2. The highest BCUT2D eigenvalue weighted by Gasteiger charge is 2.16. The highest BCUT2D eigenvalue weighted by Crippen LogP contribution is 2.26. The molecule has 0 bridgehead atoms. The minimum atomic E-state index is -0.336. The summed E-state index contributed by atoms with van der Waals surface area (Å²) in [5, 5.41) is 3.29. The first kappa shape index (κ1) is 78.1. The summed E-state index contributed by atoms with van der Waals surface area (Å²) in [7, 11) is 4.50. The number of halogens is 1. The summed E-state index contributed by atoms with van der Waals surface area (Å²) in [6.45, 7) is 43.8. The van der Waals surface area contributed by atoms with Crippen molar-refractivity contribution >= 4 is 41.1 Å². The predicted molar refractivity (Wildman–Crippen MR) is 386 cm³/mol. The van der Waals surface area contributed by atoms with E-state index in [4.69, 9.17) is 9.47 Å². The molecule has 0 fully saturated rings. The van der Waals surface area contributed by atoms with Crippen LogP contribution in [0.5, 0.6) is 11.5 Å². The average molecular weight is 1200 g/mol. The van der Waals surface area contributed by atoms with Gasteiger partial charge in [0.15, 0.2) is 0 Å². The van der Waals surface area contributed by atoms with Gasteiger partial charge in [-0.05, 0) is 182 Å². The van der Waals surface area contributed by atoms with Gasteiger partial charge in [-0.2, -0.15) is 0 Å². The first-order valence-corrected chi connectivity index (χ1v) is 31.5. The Balaban J connectivity index is 0.000000525. The van der Waals surface area contributed by atoms with Gasteiger partial charge in [0.1, 0.15) is 17.2 Å². The zero-order chi connectivity index (χ0) is 64.4. The Labute approximate surface area is 541 Å². The zero-order valence-electron chi connectivity index (χ0n) is 56.1. The first-order chi connectivity index (χ1) is 41.9. The molecule has 0 aliphatic heterocycles. The third-order valence-electron chi connectivity index (χ3n) is 15.4. The van der Waals surface area contributed by atoms with Crippen molar-refractivity contribution < 1.29 is 26.7 Å². The number of anilines is 1. The van der Waals surface area contributed by atoms with Crippen molar-refractivity contribution in [3.8, 4) is 11.5 Å². The number of nitrogens with one attached hydrogen (secondary N) is 1. The molecule has 8 aromatic rings. The molecule has 6 heteroatoms. The molecule has 0 aliphatic rings. The van der Waals surface area contributed by atoms with E-state index in [0.29, 0.717) is 41.6 Å². The van der Waals surface area contributed by atoms with Crippen LogP contribution in [0.3, 0.4) is 0 Å². The Morgan fingerprint density at radius 3 is 1.14 bits per heavy atom. The van der Waals surface area contributed by atoms with Crippen LogP contribution in [0.15, 0.2) is 239 Å². The molecule has 5 nitrogen and oxygen atoms in total. The van der Waals surface area contributed by atoms with E-state index < -0.39 is 0 Å². The molecule has 0 amide bonds. The zero-order valence-corrected chi connectivity index (χ0v) is 56.8. The van der Waals surface area contributed by atoms with Crippen molar-refractivity contribution in [1.29, 1.82) is 0 Å². The normalized spacial score (nSPS) is 11.3. The second kappa shape index (κ2) is 45.3. The molecule has 0 radical (unpaired) electrons. The molecule has 470 valence electrons. The molecular weight excluding hydrogens is 1100 g/mol. The van der Waals surface area contributed by atoms with Crippen LogP contribution in [-0.4, -0.2) is 39.8 Å². The van der Waals surface area contributed by atoms with E-state index in [2.05, 4.69) is 194 Å². The Morgan fingerprint density at radius 2 is 0.795 bits per heavy atom. The van der Waals surface area contributed by atoms with E-state index in [-0.39, 0.29) is 18.4 Å². The summed E-state index contributed by atoms with van der Waals surface area (Å²) in [6, 6.07) is 71.4. The number of nitrogens with zero attached hydrogens (tertiary/aromatic N) is 1. The van der Waals surface area contributed by atoms with Crippen molar-refractivity contribution in [2.45, 2.75) is 132 Å². The summed E-state index contributed by atoms with van der Waals surface area (Å²) < 4.78 is 11.6. The minimum absolute atomic E-state index is 0. The number of ether oxygens (including phenoxy) is 2. The van der Waals surface area contributed by atoms with Gasteiger partial charge < -0.3 is 27.2 Å². The molecule has 0 heterocycles. The molecule has 8 rings (SSSR count). The van der Waals surface area contributed by atoms with Gasteiger partial charge in [0.2, 0.25) is 0 Å². The maximum atomic E-state index is 12.1. The number of carbonyl (C=O) groups is 1. The van der Waals surface area contributed by atoms with Gasteiger partial charge in [-0.15, -0.1) is 0 Å². The molecule has 88 heavy (non-hydrogen) atoms. The summed E-state index contributed by atoms with van der Waals surface area (Å²) in [5.74, 6) is 3.69. The van der Waals surface area contributed by atoms with Crippen molar-refractivity contribution in [2.24, 2.45) is 0 Å². The minimum Gasteiger partial charge on any atom is -1.00 e. The standard InChI is InChI=1S/C19H20O2.C14H24N.C12H19N.C11H14O.C10H14.2C8H8.ClH/c1-4-14(3)16-8-10-17(11-9-16)19(20)21-18-12-6-15(5-2)7-13-18;1-6-12(3)13-8-10-14(11-9-13)15(4,5)7-2;1-4-10(3)11-6-8-12(9-7-11)13-5-2;1-4-12-11-7-5-10(6-8-11)9(2)3;1-3-9(2)10-7-5-4-6-8-10;2*1-2-8-6-4-3-5-7-8;/h5-14H,2,4H2,1,3H3;8-12H,6-7H2,1-5H3;6-10,13H,4-5H2,1-3H3;5-8H,2,4H2,1,3H3;4-9H,3H2,1-2H3;2*2-7H,1H2;1H/q;+1;;;;;;/p-1. The fraction of sp³-hybridized carbons (Fsp3) is 0.305. The van der Waals surface area contributed by atoms with Crippen molar-refractivity contribution in [2.75, 3.05) is 39.1 Å². The topological polar surface area (TPSA) is 47.6 Å². The average Bonchev–Trinajstić information content (AvgIpc) is 3.74. The van der Waals surface area contributed by atoms with Gasteiger partial charge >= 0.3 is 5.97 Å². The van der Waals surface area contributed by atoms with Gasteiger partial charge in [0, 0.05) is 12.2 Å². The van der Waals surface area contributed by atoms with Gasteiger partial charge in [0.05, 0.1) is 32.8 Å². The van der Waals surface area contributed by atoms with Crippen molar-refractivity contribution in [1.82, 2.24) is 4.48 Å². The lowest BCUT2D eigenvalue weighted by Gasteiger charge is -2.27. The van der Waals surface area contributed by atoms with Crippen LogP contribution in [0, 0.1) is 0 Å².